The van der Waals surface area contributed by atoms with Crippen molar-refractivity contribution >= 4 is 21.4 Å². The van der Waals surface area contributed by atoms with Crippen LogP contribution < -0.4 is 0 Å². The first-order valence-electron chi connectivity index (χ1n) is 5.06. The molecule has 0 aliphatic rings. The largest absolute Gasteiger partial charge is 0.396 e. The van der Waals surface area contributed by atoms with E-state index in [2.05, 4.69) is 23.6 Å². The maximum absolute atomic E-state index is 9.05. The third kappa shape index (κ3) is 2.04. The zero-order chi connectivity index (χ0) is 10.7. The molecule has 2 rings (SSSR count). The molecule has 0 spiro atoms. The normalized spacial score (nSPS) is 11.1. The van der Waals surface area contributed by atoms with Crippen molar-refractivity contribution in [1.82, 2.24) is 0 Å². The Balaban J connectivity index is 2.53. The third-order valence-corrected chi connectivity index (χ3v) is 3.47. The molecular formula is C12H14O2S. The summed E-state index contributed by atoms with van der Waals surface area (Å²) in [6, 6.07) is 6.23. The van der Waals surface area contributed by atoms with Crippen molar-refractivity contribution < 1.29 is 10.2 Å². The molecule has 0 unspecified atom stereocenters. The van der Waals surface area contributed by atoms with Crippen LogP contribution in [0, 0.1) is 0 Å². The second kappa shape index (κ2) is 4.75. The van der Waals surface area contributed by atoms with Gasteiger partial charge in [-0.1, -0.05) is 6.07 Å². The first-order chi connectivity index (χ1) is 7.36. The van der Waals surface area contributed by atoms with Gasteiger partial charge in [0.25, 0.3) is 0 Å². The monoisotopic (exact) mass is 222 g/mol. The first-order valence-corrected chi connectivity index (χ1v) is 5.94. The van der Waals surface area contributed by atoms with Gasteiger partial charge in [0.1, 0.15) is 0 Å². The number of benzene rings is 1. The molecule has 2 nitrogen and oxygen atoms in total. The summed E-state index contributed by atoms with van der Waals surface area (Å²) in [7, 11) is 0. The summed E-state index contributed by atoms with van der Waals surface area (Å²) in [5.74, 6) is 0. The molecule has 2 N–H and O–H groups in total. The molecule has 0 fully saturated rings. The molecule has 1 aromatic carbocycles. The molecule has 80 valence electrons. The average molecular weight is 222 g/mol. The van der Waals surface area contributed by atoms with Gasteiger partial charge in [-0.3, -0.25) is 0 Å². The summed E-state index contributed by atoms with van der Waals surface area (Å²) in [6.07, 6.45) is 1.34. The number of thiophene rings is 1. The van der Waals surface area contributed by atoms with Gasteiger partial charge in [-0.15, -0.1) is 11.3 Å². The van der Waals surface area contributed by atoms with Crippen LogP contribution in [0.3, 0.4) is 0 Å². The molecular weight excluding hydrogens is 208 g/mol. The maximum Gasteiger partial charge on any atom is 0.0471 e. The van der Waals surface area contributed by atoms with E-state index in [1.54, 1.807) is 11.3 Å². The zero-order valence-electron chi connectivity index (χ0n) is 8.44. The van der Waals surface area contributed by atoms with E-state index >= 15 is 0 Å². The minimum Gasteiger partial charge on any atom is -0.396 e. The predicted octanol–water partition coefficient (Wildman–Crippen LogP) is 1.97. The van der Waals surface area contributed by atoms with E-state index in [4.69, 9.17) is 10.2 Å². The molecule has 0 bridgehead atoms. The van der Waals surface area contributed by atoms with Crippen molar-refractivity contribution in [2.75, 3.05) is 13.2 Å². The van der Waals surface area contributed by atoms with Gasteiger partial charge in [0, 0.05) is 17.9 Å². The summed E-state index contributed by atoms with van der Waals surface area (Å²) < 4.78 is 1.25. The Bertz CT molecular complexity index is 448. The topological polar surface area (TPSA) is 40.5 Å². The highest BCUT2D eigenvalue weighted by molar-refractivity contribution is 7.17. The van der Waals surface area contributed by atoms with Gasteiger partial charge >= 0.3 is 0 Å². The van der Waals surface area contributed by atoms with Crippen LogP contribution in [0.15, 0.2) is 23.6 Å². The van der Waals surface area contributed by atoms with Gasteiger partial charge in [0.15, 0.2) is 0 Å². The summed E-state index contributed by atoms with van der Waals surface area (Å²) in [4.78, 5) is 0. The lowest BCUT2D eigenvalue weighted by Gasteiger charge is -2.08. The number of aliphatic hydroxyl groups excluding tert-OH is 2. The smallest absolute Gasteiger partial charge is 0.0471 e. The second-order valence-corrected chi connectivity index (χ2v) is 4.43. The Kier molecular flexibility index (Phi) is 3.36. The lowest BCUT2D eigenvalue weighted by Crippen LogP contribution is -2.00. The number of rotatable bonds is 4. The third-order valence-electron chi connectivity index (χ3n) is 2.59. The van der Waals surface area contributed by atoms with Crippen LogP contribution in [0.25, 0.3) is 10.1 Å². The molecule has 0 aliphatic heterocycles. The van der Waals surface area contributed by atoms with Crippen molar-refractivity contribution in [2.24, 2.45) is 0 Å². The Morgan fingerprint density at radius 2 is 1.80 bits per heavy atom. The quantitative estimate of drug-likeness (QED) is 0.830. The molecule has 1 heterocycles. The number of fused-ring (bicyclic) bond motifs is 1. The van der Waals surface area contributed by atoms with Crippen molar-refractivity contribution in [3.63, 3.8) is 0 Å². The number of hydrogen-bond acceptors (Lipinski definition) is 3. The van der Waals surface area contributed by atoms with Crippen molar-refractivity contribution in [1.29, 1.82) is 0 Å². The van der Waals surface area contributed by atoms with Crippen LogP contribution in [0.2, 0.25) is 0 Å². The Labute approximate surface area is 92.8 Å². The Morgan fingerprint density at radius 1 is 1.00 bits per heavy atom. The predicted molar refractivity (Wildman–Crippen MR) is 63.4 cm³/mol. The number of aliphatic hydroxyl groups is 2. The van der Waals surface area contributed by atoms with Gasteiger partial charge in [0.2, 0.25) is 0 Å². The van der Waals surface area contributed by atoms with Crippen LogP contribution in [-0.2, 0) is 12.8 Å². The minimum absolute atomic E-state index is 0.160. The van der Waals surface area contributed by atoms with E-state index in [0.29, 0.717) is 12.8 Å². The van der Waals surface area contributed by atoms with Crippen LogP contribution in [0.1, 0.15) is 11.1 Å². The highest BCUT2D eigenvalue weighted by Gasteiger charge is 2.07. The second-order valence-electron chi connectivity index (χ2n) is 3.48. The summed E-state index contributed by atoms with van der Waals surface area (Å²) in [5, 5.41) is 21.3. The molecule has 0 saturated heterocycles. The van der Waals surface area contributed by atoms with Gasteiger partial charge in [-0.05, 0) is 46.9 Å². The van der Waals surface area contributed by atoms with E-state index in [1.807, 2.05) is 0 Å². The molecule has 0 aliphatic carbocycles. The fourth-order valence-electron chi connectivity index (χ4n) is 1.91. The molecule has 2 aromatic rings. The number of hydrogen-bond donors (Lipinski definition) is 2. The van der Waals surface area contributed by atoms with E-state index in [9.17, 15) is 0 Å². The highest BCUT2D eigenvalue weighted by Crippen LogP contribution is 2.27. The Hall–Kier alpha value is -0.900. The van der Waals surface area contributed by atoms with Crippen LogP contribution in [-0.4, -0.2) is 23.4 Å². The summed E-state index contributed by atoms with van der Waals surface area (Å²) in [6.45, 7) is 0.321. The van der Waals surface area contributed by atoms with Gasteiger partial charge < -0.3 is 10.2 Å². The Morgan fingerprint density at radius 3 is 2.53 bits per heavy atom. The van der Waals surface area contributed by atoms with Gasteiger partial charge in [-0.2, -0.15) is 0 Å². The summed E-state index contributed by atoms with van der Waals surface area (Å²) >= 11 is 1.71. The molecule has 0 radical (unpaired) electrons. The standard InChI is InChI=1S/C12H14O2S/c13-6-3-9-1-2-12-11(5-8-15-12)10(9)4-7-14/h1-2,5,8,13-14H,3-4,6-7H2. The SMILES string of the molecule is OCCc1ccc2sccc2c1CCO. The van der Waals surface area contributed by atoms with E-state index in [-0.39, 0.29) is 13.2 Å². The molecule has 0 atom stereocenters. The molecule has 1 aromatic heterocycles. The fourth-order valence-corrected chi connectivity index (χ4v) is 2.73. The maximum atomic E-state index is 9.05. The van der Waals surface area contributed by atoms with E-state index in [0.717, 1.165) is 5.56 Å². The molecule has 3 heteroatoms. The summed E-state index contributed by atoms with van der Waals surface area (Å²) in [5.41, 5.74) is 2.34. The highest BCUT2D eigenvalue weighted by atomic mass is 32.1. The molecule has 15 heavy (non-hydrogen) atoms. The van der Waals surface area contributed by atoms with Crippen molar-refractivity contribution in [2.45, 2.75) is 12.8 Å². The van der Waals surface area contributed by atoms with Crippen LogP contribution in [0.4, 0.5) is 0 Å². The average Bonchev–Trinajstić information content (AvgIpc) is 2.70. The lowest BCUT2D eigenvalue weighted by atomic mass is 9.99. The van der Waals surface area contributed by atoms with Crippen LogP contribution >= 0.6 is 11.3 Å². The van der Waals surface area contributed by atoms with Gasteiger partial charge in [0.05, 0.1) is 0 Å². The van der Waals surface area contributed by atoms with E-state index in [1.165, 1.54) is 15.6 Å². The fraction of sp³-hybridized carbons (Fsp3) is 0.333. The van der Waals surface area contributed by atoms with E-state index < -0.39 is 0 Å². The van der Waals surface area contributed by atoms with Crippen molar-refractivity contribution in [3.05, 3.63) is 34.7 Å². The van der Waals surface area contributed by atoms with Crippen molar-refractivity contribution in [3.8, 4) is 0 Å². The lowest BCUT2D eigenvalue weighted by molar-refractivity contribution is 0.293. The van der Waals surface area contributed by atoms with Gasteiger partial charge in [-0.25, -0.2) is 0 Å². The molecule has 0 saturated carbocycles. The van der Waals surface area contributed by atoms with Crippen LogP contribution in [0.5, 0.6) is 0 Å². The first kappa shape index (κ1) is 10.6. The zero-order valence-corrected chi connectivity index (χ0v) is 9.26. The molecule has 0 amide bonds. The minimum atomic E-state index is 0.160.